The van der Waals surface area contributed by atoms with Gasteiger partial charge in [0, 0.05) is 33.5 Å². The van der Waals surface area contributed by atoms with Crippen molar-refractivity contribution >= 4 is 89.2 Å². The first-order valence-corrected chi connectivity index (χ1v) is 26.5. The van der Waals surface area contributed by atoms with Gasteiger partial charge in [-0.2, -0.15) is 0 Å². The van der Waals surface area contributed by atoms with Crippen molar-refractivity contribution in [1.29, 1.82) is 0 Å². The van der Waals surface area contributed by atoms with Crippen molar-refractivity contribution in [2.75, 3.05) is 4.90 Å². The van der Waals surface area contributed by atoms with Crippen molar-refractivity contribution in [2.45, 2.75) is 0 Å². The number of nitrogens with zero attached hydrogens (tertiary/aromatic N) is 2. The Kier molecular flexibility index (Phi) is 10.6. The number of hydrogen-bond acceptors (Lipinski definition) is 1. The van der Waals surface area contributed by atoms with E-state index in [0.717, 1.165) is 22.7 Å². The second kappa shape index (κ2) is 17.8. The van der Waals surface area contributed by atoms with Crippen LogP contribution in [0.4, 0.5) is 17.1 Å². The van der Waals surface area contributed by atoms with Crippen LogP contribution in [-0.4, -0.2) is 12.6 Å². The number of rotatable bonds is 10. The maximum absolute atomic E-state index is 2.71. The zero-order chi connectivity index (χ0) is 47.1. The molecule has 13 aromatic rings. The second-order valence-corrected chi connectivity index (χ2v) is 22.2. The molecule has 71 heavy (non-hydrogen) atoms. The second-order valence-electron chi connectivity index (χ2n) is 18.4. The van der Waals surface area contributed by atoms with E-state index < -0.39 is 8.07 Å². The molecular formula is C68H48N2Si. The van der Waals surface area contributed by atoms with E-state index in [0.29, 0.717) is 0 Å². The van der Waals surface area contributed by atoms with Crippen LogP contribution >= 0.6 is 0 Å². The van der Waals surface area contributed by atoms with Gasteiger partial charge < -0.3 is 9.47 Å². The van der Waals surface area contributed by atoms with Crippen molar-refractivity contribution in [1.82, 2.24) is 4.57 Å². The van der Waals surface area contributed by atoms with E-state index in [1.54, 1.807) is 0 Å². The summed E-state index contributed by atoms with van der Waals surface area (Å²) in [6.45, 7) is 0. The molecule has 12 aromatic carbocycles. The van der Waals surface area contributed by atoms with Crippen molar-refractivity contribution in [2.24, 2.45) is 0 Å². The topological polar surface area (TPSA) is 8.17 Å². The van der Waals surface area contributed by atoms with Crippen LogP contribution in [-0.2, 0) is 0 Å². The number of aromatic nitrogens is 1. The molecule has 334 valence electrons. The Labute approximate surface area is 415 Å². The highest BCUT2D eigenvalue weighted by atomic mass is 28.3. The summed E-state index contributed by atoms with van der Waals surface area (Å²) < 4.78 is 2.39. The average Bonchev–Trinajstić information content (AvgIpc) is 3.80. The SMILES string of the molecule is c1ccc(-n2c3ccccc3c3c(-c4ccc(-c5ccc(N(c6ccc([Si](c7ccccc7)(c7ccccc7)c7ccccc7)cc6)c6ccc7c(ccc8ccccc87)c6)cc5)cc4)cccc32)cc1. The Morgan fingerprint density at radius 1 is 0.282 bits per heavy atom. The van der Waals surface area contributed by atoms with E-state index in [4.69, 9.17) is 0 Å². The highest BCUT2D eigenvalue weighted by molar-refractivity contribution is 7.19. The molecule has 3 heteroatoms. The lowest BCUT2D eigenvalue weighted by molar-refractivity contribution is 1.18. The lowest BCUT2D eigenvalue weighted by Gasteiger charge is -2.35. The van der Waals surface area contributed by atoms with Gasteiger partial charge in [-0.25, -0.2) is 0 Å². The van der Waals surface area contributed by atoms with Crippen molar-refractivity contribution in [3.05, 3.63) is 291 Å². The van der Waals surface area contributed by atoms with Gasteiger partial charge in [-0.1, -0.05) is 231 Å². The van der Waals surface area contributed by atoms with Gasteiger partial charge in [-0.05, 0) is 125 Å². The quantitative estimate of drug-likeness (QED) is 0.0754. The molecule has 0 fully saturated rings. The number of fused-ring (bicyclic) bond motifs is 6. The molecule has 1 heterocycles. The van der Waals surface area contributed by atoms with Crippen LogP contribution in [0.5, 0.6) is 0 Å². The van der Waals surface area contributed by atoms with E-state index in [1.165, 1.54) is 86.4 Å². The van der Waals surface area contributed by atoms with Gasteiger partial charge in [-0.3, -0.25) is 0 Å². The van der Waals surface area contributed by atoms with Gasteiger partial charge >= 0.3 is 0 Å². The smallest absolute Gasteiger partial charge is 0.179 e. The zero-order valence-electron chi connectivity index (χ0n) is 39.1. The first kappa shape index (κ1) is 42.1. The van der Waals surface area contributed by atoms with E-state index in [9.17, 15) is 0 Å². The van der Waals surface area contributed by atoms with Crippen LogP contribution in [0.25, 0.3) is 71.3 Å². The van der Waals surface area contributed by atoms with Gasteiger partial charge in [0.1, 0.15) is 0 Å². The van der Waals surface area contributed by atoms with Crippen LogP contribution in [0, 0.1) is 0 Å². The van der Waals surface area contributed by atoms with E-state index in [-0.39, 0.29) is 0 Å². The van der Waals surface area contributed by atoms with Crippen molar-refractivity contribution in [3.63, 3.8) is 0 Å². The van der Waals surface area contributed by atoms with Crippen molar-refractivity contribution in [3.8, 4) is 27.9 Å². The third-order valence-electron chi connectivity index (χ3n) is 14.5. The summed E-state index contributed by atoms with van der Waals surface area (Å²) in [4.78, 5) is 2.41. The number of anilines is 3. The third-order valence-corrected chi connectivity index (χ3v) is 19.3. The fraction of sp³-hybridized carbons (Fsp3) is 0. The first-order chi connectivity index (χ1) is 35.2. The van der Waals surface area contributed by atoms with E-state index >= 15 is 0 Å². The summed E-state index contributed by atoms with van der Waals surface area (Å²) in [5.74, 6) is 0. The molecule has 0 aliphatic heterocycles. The van der Waals surface area contributed by atoms with Gasteiger partial charge in [-0.15, -0.1) is 0 Å². The standard InChI is InChI=1S/C68H48N2Si/c1-5-19-54(20-6-1)70-66-30-16-15-28-65(66)68-64(29-17-31-67(68)70)52-34-32-49(33-35-52)50-38-40-55(41-39-50)69(57-44-47-63-53(48-57)37-36-51-18-13-14-27-62(51)63)56-42-45-61(46-43-56)71(58-21-7-2-8-22-58,59-23-9-3-10-24-59)60-25-11-4-12-26-60/h1-48H. The third kappa shape index (κ3) is 7.26. The Bertz CT molecular complexity index is 3900. The number of para-hydroxylation sites is 2. The van der Waals surface area contributed by atoms with E-state index in [1.807, 2.05) is 0 Å². The summed E-state index contributed by atoms with van der Waals surface area (Å²) in [6.07, 6.45) is 0. The molecule has 0 radical (unpaired) electrons. The molecule has 0 saturated carbocycles. The van der Waals surface area contributed by atoms with Crippen LogP contribution < -0.4 is 25.6 Å². The molecule has 0 aliphatic carbocycles. The molecule has 0 amide bonds. The molecule has 0 saturated heterocycles. The molecule has 0 spiro atoms. The minimum absolute atomic E-state index is 1.09. The molecular weight excluding hydrogens is 873 g/mol. The summed E-state index contributed by atoms with van der Waals surface area (Å²) in [6, 6.07) is 107. The normalized spacial score (nSPS) is 11.7. The maximum Gasteiger partial charge on any atom is 0.179 e. The Morgan fingerprint density at radius 3 is 1.37 bits per heavy atom. The number of hydrogen-bond donors (Lipinski definition) is 0. The van der Waals surface area contributed by atoms with Gasteiger partial charge in [0.2, 0.25) is 0 Å². The lowest BCUT2D eigenvalue weighted by atomic mass is 9.96. The van der Waals surface area contributed by atoms with Crippen LogP contribution in [0.15, 0.2) is 291 Å². The minimum Gasteiger partial charge on any atom is -0.310 e. The maximum atomic E-state index is 2.41. The average molecular weight is 921 g/mol. The molecule has 0 bridgehead atoms. The van der Waals surface area contributed by atoms with Crippen molar-refractivity contribution < 1.29 is 0 Å². The lowest BCUT2D eigenvalue weighted by Crippen LogP contribution is -2.74. The number of benzene rings is 12. The van der Waals surface area contributed by atoms with Gasteiger partial charge in [0.05, 0.1) is 11.0 Å². The van der Waals surface area contributed by atoms with Gasteiger partial charge in [0.25, 0.3) is 0 Å². The predicted octanol–water partition coefficient (Wildman–Crippen LogP) is 15.3. The summed E-state index contributed by atoms with van der Waals surface area (Å²) >= 11 is 0. The largest absolute Gasteiger partial charge is 0.310 e. The Balaban J connectivity index is 0.900. The van der Waals surface area contributed by atoms with Crippen LogP contribution in [0.2, 0.25) is 0 Å². The fourth-order valence-electron chi connectivity index (χ4n) is 11.3. The molecule has 2 nitrogen and oxygen atoms in total. The molecule has 0 unspecified atom stereocenters. The van der Waals surface area contributed by atoms with Crippen LogP contribution in [0.3, 0.4) is 0 Å². The molecule has 13 rings (SSSR count). The monoisotopic (exact) mass is 920 g/mol. The molecule has 0 atom stereocenters. The van der Waals surface area contributed by atoms with E-state index in [2.05, 4.69) is 301 Å². The summed E-state index contributed by atoms with van der Waals surface area (Å²) in [5, 5.41) is 12.9. The van der Waals surface area contributed by atoms with Crippen LogP contribution in [0.1, 0.15) is 0 Å². The summed E-state index contributed by atoms with van der Waals surface area (Å²) in [7, 11) is -2.71. The summed E-state index contributed by atoms with van der Waals surface area (Å²) in [5.41, 5.74) is 11.7. The zero-order valence-corrected chi connectivity index (χ0v) is 40.1. The van der Waals surface area contributed by atoms with Gasteiger partial charge in [0.15, 0.2) is 8.07 Å². The molecule has 1 aromatic heterocycles. The first-order valence-electron chi connectivity index (χ1n) is 24.5. The fourth-order valence-corrected chi connectivity index (χ4v) is 16.0. The molecule has 0 N–H and O–H groups in total. The molecule has 0 aliphatic rings. The Morgan fingerprint density at radius 2 is 0.732 bits per heavy atom. The predicted molar refractivity (Wildman–Crippen MR) is 305 cm³/mol. The minimum atomic E-state index is -2.71. The highest BCUT2D eigenvalue weighted by Gasteiger charge is 2.41. The Hall–Kier alpha value is -9.02. The highest BCUT2D eigenvalue weighted by Crippen LogP contribution is 2.41.